The highest BCUT2D eigenvalue weighted by Crippen LogP contribution is 2.44. The Hall–Kier alpha value is -0.570. The van der Waals surface area contributed by atoms with Gasteiger partial charge in [0.1, 0.15) is 0 Å². The Morgan fingerprint density at radius 1 is 1.43 bits per heavy atom. The van der Waals surface area contributed by atoms with E-state index in [0.717, 1.165) is 19.5 Å². The minimum atomic E-state index is -0.189. The molecule has 1 heterocycles. The zero-order valence-electron chi connectivity index (χ0n) is 8.84. The van der Waals surface area contributed by atoms with E-state index < -0.39 is 0 Å². The monoisotopic (exact) mass is 197 g/mol. The van der Waals surface area contributed by atoms with Gasteiger partial charge >= 0.3 is 5.97 Å². The lowest BCUT2D eigenvalue weighted by Crippen LogP contribution is -2.40. The number of carbonyl (C=O) groups excluding carboxylic acids is 1. The van der Waals surface area contributed by atoms with Crippen LogP contribution in [0.2, 0.25) is 0 Å². The van der Waals surface area contributed by atoms with E-state index in [-0.39, 0.29) is 11.4 Å². The quantitative estimate of drug-likeness (QED) is 0.679. The van der Waals surface area contributed by atoms with E-state index in [9.17, 15) is 4.79 Å². The van der Waals surface area contributed by atoms with E-state index in [4.69, 9.17) is 4.74 Å². The summed E-state index contributed by atoms with van der Waals surface area (Å²) in [5, 5.41) is 3.30. The Kier molecular flexibility index (Phi) is 2.77. The zero-order chi connectivity index (χ0) is 10.0. The van der Waals surface area contributed by atoms with Crippen LogP contribution in [0.15, 0.2) is 0 Å². The molecule has 80 valence electrons. The van der Waals surface area contributed by atoms with Gasteiger partial charge < -0.3 is 10.1 Å². The van der Waals surface area contributed by atoms with Crippen LogP contribution in [-0.2, 0) is 9.53 Å². The maximum Gasteiger partial charge on any atom is 0.313 e. The maximum absolute atomic E-state index is 11.9. The van der Waals surface area contributed by atoms with Crippen LogP contribution in [-0.4, -0.2) is 26.2 Å². The van der Waals surface area contributed by atoms with Crippen LogP contribution in [0, 0.1) is 11.3 Å². The second-order valence-corrected chi connectivity index (χ2v) is 4.56. The predicted octanol–water partition coefficient (Wildman–Crippen LogP) is 1.33. The molecule has 2 fully saturated rings. The third-order valence-electron chi connectivity index (χ3n) is 3.92. The third kappa shape index (κ3) is 1.44. The maximum atomic E-state index is 11.9. The SMILES string of the molecule is COC(=O)C1(C2CCCC2)CCNC1. The van der Waals surface area contributed by atoms with Crippen molar-refractivity contribution in [2.75, 3.05) is 20.2 Å². The molecule has 1 unspecified atom stereocenters. The van der Waals surface area contributed by atoms with Gasteiger partial charge in [0.05, 0.1) is 12.5 Å². The van der Waals surface area contributed by atoms with Crippen LogP contribution < -0.4 is 5.32 Å². The first-order chi connectivity index (χ1) is 6.79. The summed E-state index contributed by atoms with van der Waals surface area (Å²) in [5.74, 6) is 0.569. The molecule has 0 bridgehead atoms. The summed E-state index contributed by atoms with van der Waals surface area (Å²) in [6.45, 7) is 1.79. The van der Waals surface area contributed by atoms with Crippen molar-refractivity contribution in [3.63, 3.8) is 0 Å². The smallest absolute Gasteiger partial charge is 0.313 e. The van der Waals surface area contributed by atoms with Gasteiger partial charge in [-0.3, -0.25) is 4.79 Å². The molecule has 1 saturated carbocycles. The summed E-state index contributed by atoms with van der Waals surface area (Å²) >= 11 is 0. The lowest BCUT2D eigenvalue weighted by molar-refractivity contribution is -0.155. The molecular weight excluding hydrogens is 178 g/mol. The normalized spacial score (nSPS) is 33.5. The van der Waals surface area contributed by atoms with Gasteiger partial charge in [0.15, 0.2) is 0 Å². The molecule has 2 aliphatic rings. The molecule has 0 aromatic heterocycles. The molecule has 2 rings (SSSR count). The van der Waals surface area contributed by atoms with Gasteiger partial charge in [-0.15, -0.1) is 0 Å². The number of methoxy groups -OCH3 is 1. The van der Waals surface area contributed by atoms with Gasteiger partial charge in [0, 0.05) is 6.54 Å². The minimum Gasteiger partial charge on any atom is -0.469 e. The van der Waals surface area contributed by atoms with Crippen molar-refractivity contribution in [2.24, 2.45) is 11.3 Å². The van der Waals surface area contributed by atoms with E-state index in [2.05, 4.69) is 5.32 Å². The molecule has 1 N–H and O–H groups in total. The molecule has 1 saturated heterocycles. The summed E-state index contributed by atoms with van der Waals surface area (Å²) < 4.78 is 4.97. The van der Waals surface area contributed by atoms with Crippen molar-refractivity contribution in [1.82, 2.24) is 5.32 Å². The van der Waals surface area contributed by atoms with Crippen molar-refractivity contribution in [3.05, 3.63) is 0 Å². The first-order valence-electron chi connectivity index (χ1n) is 5.59. The third-order valence-corrected chi connectivity index (χ3v) is 3.92. The number of hydrogen-bond donors (Lipinski definition) is 1. The zero-order valence-corrected chi connectivity index (χ0v) is 8.84. The number of ether oxygens (including phenoxy) is 1. The fourth-order valence-electron chi connectivity index (χ4n) is 3.08. The highest BCUT2D eigenvalue weighted by molar-refractivity contribution is 5.78. The van der Waals surface area contributed by atoms with Crippen LogP contribution >= 0.6 is 0 Å². The summed E-state index contributed by atoms with van der Waals surface area (Å²) in [6.07, 6.45) is 5.94. The standard InChI is InChI=1S/C11H19NO2/c1-14-10(13)11(6-7-12-8-11)9-4-2-3-5-9/h9,12H,2-8H2,1H3. The molecule has 0 radical (unpaired) electrons. The molecule has 1 atom stereocenters. The Morgan fingerprint density at radius 3 is 2.64 bits per heavy atom. The van der Waals surface area contributed by atoms with E-state index >= 15 is 0 Å². The van der Waals surface area contributed by atoms with Gasteiger partial charge in [-0.25, -0.2) is 0 Å². The van der Waals surface area contributed by atoms with Crippen LogP contribution in [0.5, 0.6) is 0 Å². The topological polar surface area (TPSA) is 38.3 Å². The second-order valence-electron chi connectivity index (χ2n) is 4.56. The van der Waals surface area contributed by atoms with Gasteiger partial charge in [-0.2, -0.15) is 0 Å². The van der Waals surface area contributed by atoms with Crippen molar-refractivity contribution >= 4 is 5.97 Å². The molecule has 1 aliphatic heterocycles. The molecule has 0 aromatic rings. The van der Waals surface area contributed by atoms with Crippen molar-refractivity contribution in [2.45, 2.75) is 32.1 Å². The van der Waals surface area contributed by atoms with Crippen molar-refractivity contribution < 1.29 is 9.53 Å². The fourth-order valence-corrected chi connectivity index (χ4v) is 3.08. The van der Waals surface area contributed by atoms with Crippen LogP contribution in [0.1, 0.15) is 32.1 Å². The molecule has 3 nitrogen and oxygen atoms in total. The van der Waals surface area contributed by atoms with Crippen molar-refractivity contribution in [1.29, 1.82) is 0 Å². The lowest BCUT2D eigenvalue weighted by atomic mass is 9.73. The predicted molar refractivity (Wildman–Crippen MR) is 53.9 cm³/mol. The summed E-state index contributed by atoms with van der Waals surface area (Å²) in [4.78, 5) is 11.9. The summed E-state index contributed by atoms with van der Waals surface area (Å²) in [6, 6.07) is 0. The van der Waals surface area contributed by atoms with Crippen molar-refractivity contribution in [3.8, 4) is 0 Å². The molecule has 14 heavy (non-hydrogen) atoms. The number of hydrogen-bond acceptors (Lipinski definition) is 3. The van der Waals surface area contributed by atoms with Gasteiger partial charge in [-0.1, -0.05) is 12.8 Å². The van der Waals surface area contributed by atoms with Gasteiger partial charge in [-0.05, 0) is 31.7 Å². The molecular formula is C11H19NO2. The Bertz CT molecular complexity index is 215. The largest absolute Gasteiger partial charge is 0.469 e. The second kappa shape index (κ2) is 3.89. The highest BCUT2D eigenvalue weighted by Gasteiger charge is 2.49. The number of nitrogens with one attached hydrogen (secondary N) is 1. The minimum absolute atomic E-state index is 0.00870. The van der Waals surface area contributed by atoms with E-state index in [0.29, 0.717) is 5.92 Å². The lowest BCUT2D eigenvalue weighted by Gasteiger charge is -2.31. The van der Waals surface area contributed by atoms with Gasteiger partial charge in [0.2, 0.25) is 0 Å². The van der Waals surface area contributed by atoms with E-state index in [1.807, 2.05) is 0 Å². The molecule has 0 amide bonds. The van der Waals surface area contributed by atoms with E-state index in [1.54, 1.807) is 0 Å². The summed E-state index contributed by atoms with van der Waals surface area (Å²) in [7, 11) is 1.51. The Morgan fingerprint density at radius 2 is 2.14 bits per heavy atom. The van der Waals surface area contributed by atoms with Crippen LogP contribution in [0.4, 0.5) is 0 Å². The first-order valence-corrected chi connectivity index (χ1v) is 5.59. The number of esters is 1. The summed E-state index contributed by atoms with van der Waals surface area (Å²) in [5.41, 5.74) is -0.189. The molecule has 1 aliphatic carbocycles. The Balaban J connectivity index is 2.16. The number of rotatable bonds is 2. The average Bonchev–Trinajstić information content (AvgIpc) is 2.86. The first kappa shape index (κ1) is 9.97. The van der Waals surface area contributed by atoms with E-state index in [1.165, 1.54) is 32.8 Å². The molecule has 0 spiro atoms. The van der Waals surface area contributed by atoms with Crippen LogP contribution in [0.3, 0.4) is 0 Å². The number of carbonyl (C=O) groups is 1. The van der Waals surface area contributed by atoms with Gasteiger partial charge in [0.25, 0.3) is 0 Å². The Labute approximate surface area is 85.2 Å². The highest BCUT2D eigenvalue weighted by atomic mass is 16.5. The molecule has 0 aromatic carbocycles. The fraction of sp³-hybridized carbons (Fsp3) is 0.909. The van der Waals surface area contributed by atoms with Crippen LogP contribution in [0.25, 0.3) is 0 Å². The molecule has 3 heteroatoms. The average molecular weight is 197 g/mol.